The van der Waals surface area contributed by atoms with Gasteiger partial charge in [0.1, 0.15) is 5.82 Å². The zero-order valence-electron chi connectivity index (χ0n) is 14.4. The lowest BCUT2D eigenvalue weighted by atomic mass is 10.1. The van der Waals surface area contributed by atoms with Crippen molar-refractivity contribution in [3.05, 3.63) is 57.9 Å². The van der Waals surface area contributed by atoms with Gasteiger partial charge in [-0.25, -0.2) is 4.98 Å². The van der Waals surface area contributed by atoms with Gasteiger partial charge < -0.3 is 4.98 Å². The van der Waals surface area contributed by atoms with E-state index >= 15 is 0 Å². The quantitative estimate of drug-likeness (QED) is 0.606. The van der Waals surface area contributed by atoms with Gasteiger partial charge in [0.25, 0.3) is 0 Å². The Labute approximate surface area is 144 Å². The highest BCUT2D eigenvalue weighted by molar-refractivity contribution is 5.72. The van der Waals surface area contributed by atoms with Gasteiger partial charge in [0.05, 0.1) is 0 Å². The molecule has 0 unspecified atom stereocenters. The van der Waals surface area contributed by atoms with Crippen molar-refractivity contribution in [1.29, 1.82) is 0 Å². The summed E-state index contributed by atoms with van der Waals surface area (Å²) < 4.78 is 3.38. The van der Waals surface area contributed by atoms with E-state index in [1.54, 1.807) is 0 Å². The van der Waals surface area contributed by atoms with E-state index in [4.69, 9.17) is 0 Å². The van der Waals surface area contributed by atoms with Gasteiger partial charge in [-0.2, -0.15) is 9.50 Å². The molecule has 4 aromatic rings. The van der Waals surface area contributed by atoms with Gasteiger partial charge >= 0.3 is 5.56 Å². The summed E-state index contributed by atoms with van der Waals surface area (Å²) in [6.45, 7) is 4.83. The lowest BCUT2D eigenvalue weighted by Crippen LogP contribution is -2.20. The van der Waals surface area contributed by atoms with Gasteiger partial charge in [-0.05, 0) is 12.0 Å². The number of benzene rings is 1. The Morgan fingerprint density at radius 2 is 1.92 bits per heavy atom. The molecular formula is C18H20N6O. The van der Waals surface area contributed by atoms with E-state index in [1.807, 2.05) is 41.8 Å². The molecule has 0 aliphatic carbocycles. The van der Waals surface area contributed by atoms with Crippen LogP contribution in [0.3, 0.4) is 0 Å². The van der Waals surface area contributed by atoms with Crippen LogP contribution in [-0.2, 0) is 19.4 Å². The molecule has 0 saturated carbocycles. The SMILES string of the molecule is CCCn1c2nc(CC)[nH]c2c(=O)n2nc(Cc3ccccc3)nc12. The minimum atomic E-state index is -0.198. The van der Waals surface area contributed by atoms with Gasteiger partial charge in [-0.15, -0.1) is 5.10 Å². The monoisotopic (exact) mass is 336 g/mol. The molecule has 1 N–H and O–H groups in total. The lowest BCUT2D eigenvalue weighted by molar-refractivity contribution is 0.686. The molecule has 3 heterocycles. The molecule has 1 aromatic carbocycles. The van der Waals surface area contributed by atoms with Gasteiger partial charge in [0, 0.05) is 19.4 Å². The summed E-state index contributed by atoms with van der Waals surface area (Å²) in [7, 11) is 0. The lowest BCUT2D eigenvalue weighted by Gasteiger charge is -2.06. The maximum Gasteiger partial charge on any atom is 0.301 e. The van der Waals surface area contributed by atoms with Crippen molar-refractivity contribution in [3.8, 4) is 0 Å². The van der Waals surface area contributed by atoms with Crippen LogP contribution >= 0.6 is 0 Å². The first-order chi connectivity index (χ1) is 12.2. The van der Waals surface area contributed by atoms with Crippen LogP contribution in [0.4, 0.5) is 0 Å². The smallest absolute Gasteiger partial charge is 0.301 e. The highest BCUT2D eigenvalue weighted by atomic mass is 16.1. The molecule has 0 amide bonds. The van der Waals surface area contributed by atoms with Crippen molar-refractivity contribution in [2.75, 3.05) is 0 Å². The topological polar surface area (TPSA) is 80.9 Å². The number of H-pyrrole nitrogens is 1. The van der Waals surface area contributed by atoms with Crippen LogP contribution in [-0.4, -0.2) is 29.1 Å². The number of nitrogens with one attached hydrogen (secondary N) is 1. The molecule has 0 saturated heterocycles. The molecule has 7 nitrogen and oxygen atoms in total. The second kappa shape index (κ2) is 6.16. The van der Waals surface area contributed by atoms with Crippen LogP contribution in [0.15, 0.2) is 35.1 Å². The molecule has 25 heavy (non-hydrogen) atoms. The van der Waals surface area contributed by atoms with Crippen molar-refractivity contribution < 1.29 is 0 Å². The first kappa shape index (κ1) is 15.6. The number of rotatable bonds is 5. The van der Waals surface area contributed by atoms with E-state index in [-0.39, 0.29) is 5.56 Å². The number of aromatic amines is 1. The number of hydrogen-bond donors (Lipinski definition) is 1. The predicted octanol–water partition coefficient (Wildman–Crippen LogP) is 2.33. The third-order valence-electron chi connectivity index (χ3n) is 4.26. The van der Waals surface area contributed by atoms with Gasteiger partial charge in [0.15, 0.2) is 17.0 Å². The average Bonchev–Trinajstić information content (AvgIpc) is 3.24. The average molecular weight is 336 g/mol. The fourth-order valence-corrected chi connectivity index (χ4v) is 3.06. The number of nitrogens with zero attached hydrogens (tertiary/aromatic N) is 5. The first-order valence-corrected chi connectivity index (χ1v) is 8.62. The normalized spacial score (nSPS) is 11.6. The summed E-state index contributed by atoms with van der Waals surface area (Å²) in [6.07, 6.45) is 2.26. The Kier molecular flexibility index (Phi) is 3.83. The molecule has 128 valence electrons. The molecule has 0 atom stereocenters. The summed E-state index contributed by atoms with van der Waals surface area (Å²) in [5, 5.41) is 4.46. The van der Waals surface area contributed by atoms with E-state index in [2.05, 4.69) is 27.0 Å². The summed E-state index contributed by atoms with van der Waals surface area (Å²) in [5.74, 6) is 1.99. The van der Waals surface area contributed by atoms with Gasteiger partial charge in [-0.1, -0.05) is 44.2 Å². The zero-order chi connectivity index (χ0) is 17.4. The van der Waals surface area contributed by atoms with Crippen molar-refractivity contribution in [2.24, 2.45) is 0 Å². The number of aryl methyl sites for hydroxylation is 2. The van der Waals surface area contributed by atoms with Crippen molar-refractivity contribution in [2.45, 2.75) is 39.7 Å². The molecule has 4 rings (SSSR count). The first-order valence-electron chi connectivity index (χ1n) is 8.62. The Morgan fingerprint density at radius 3 is 2.64 bits per heavy atom. The molecule has 0 aliphatic heterocycles. The van der Waals surface area contributed by atoms with Crippen LogP contribution < -0.4 is 5.56 Å². The van der Waals surface area contributed by atoms with E-state index in [0.29, 0.717) is 29.2 Å². The molecule has 0 bridgehead atoms. The summed E-state index contributed by atoms with van der Waals surface area (Å²) in [5.41, 5.74) is 2.07. The Hall–Kier alpha value is -2.96. The van der Waals surface area contributed by atoms with E-state index in [9.17, 15) is 4.79 Å². The largest absolute Gasteiger partial charge is 0.336 e. The minimum absolute atomic E-state index is 0.198. The van der Waals surface area contributed by atoms with Crippen LogP contribution in [0.25, 0.3) is 16.9 Å². The maximum absolute atomic E-state index is 12.8. The molecule has 0 spiro atoms. The molecule has 3 aromatic heterocycles. The van der Waals surface area contributed by atoms with Crippen LogP contribution in [0, 0.1) is 0 Å². The second-order valence-corrected chi connectivity index (χ2v) is 6.09. The van der Waals surface area contributed by atoms with Gasteiger partial charge in [-0.3, -0.25) is 9.36 Å². The van der Waals surface area contributed by atoms with E-state index < -0.39 is 0 Å². The third kappa shape index (κ3) is 2.61. The highest BCUT2D eigenvalue weighted by Crippen LogP contribution is 2.14. The summed E-state index contributed by atoms with van der Waals surface area (Å²) in [4.78, 5) is 25.2. The number of hydrogen-bond acceptors (Lipinski definition) is 4. The van der Waals surface area contributed by atoms with E-state index in [0.717, 1.165) is 30.8 Å². The Balaban J connectivity index is 1.92. The molecule has 0 aliphatic rings. The molecular weight excluding hydrogens is 316 g/mol. The van der Waals surface area contributed by atoms with Crippen molar-refractivity contribution >= 4 is 16.9 Å². The fraction of sp³-hybridized carbons (Fsp3) is 0.333. The van der Waals surface area contributed by atoms with E-state index in [1.165, 1.54) is 4.52 Å². The number of aromatic nitrogens is 6. The highest BCUT2D eigenvalue weighted by Gasteiger charge is 2.18. The van der Waals surface area contributed by atoms with Crippen molar-refractivity contribution in [1.82, 2.24) is 29.1 Å². The summed E-state index contributed by atoms with van der Waals surface area (Å²) in [6, 6.07) is 10.0. The number of fused-ring (bicyclic) bond motifs is 2. The van der Waals surface area contributed by atoms with Gasteiger partial charge in [0.2, 0.25) is 5.78 Å². The zero-order valence-corrected chi connectivity index (χ0v) is 14.4. The number of imidazole rings is 1. The molecule has 0 fully saturated rings. The Morgan fingerprint density at radius 1 is 1.12 bits per heavy atom. The van der Waals surface area contributed by atoms with Crippen molar-refractivity contribution in [3.63, 3.8) is 0 Å². The molecule has 7 heteroatoms. The van der Waals surface area contributed by atoms with Crippen LogP contribution in [0.2, 0.25) is 0 Å². The summed E-state index contributed by atoms with van der Waals surface area (Å²) >= 11 is 0. The second-order valence-electron chi connectivity index (χ2n) is 6.09. The van der Waals surface area contributed by atoms with Crippen LogP contribution in [0.1, 0.15) is 37.5 Å². The minimum Gasteiger partial charge on any atom is -0.336 e. The fourth-order valence-electron chi connectivity index (χ4n) is 3.06. The Bertz CT molecular complexity index is 1090. The van der Waals surface area contributed by atoms with Crippen LogP contribution in [0.5, 0.6) is 0 Å². The third-order valence-corrected chi connectivity index (χ3v) is 4.26. The molecule has 0 radical (unpaired) electrons. The predicted molar refractivity (Wildman–Crippen MR) is 95.8 cm³/mol. The maximum atomic E-state index is 12.8. The standard InChI is InChI=1S/C18H20N6O/c1-3-10-23-16-15(19-13(4-2)20-16)17(25)24-18(23)21-14(22-24)11-12-8-6-5-7-9-12/h5-9H,3-4,10-11H2,1-2H3,(H,19,20).